The molecular weight excluding hydrogens is 1110 g/mol. The second-order valence-electron chi connectivity index (χ2n) is 16.2. The maximum Gasteiger partial charge on any atom is 0.490 e. The van der Waals surface area contributed by atoms with Crippen LogP contribution in [0.5, 0.6) is 11.5 Å². The Morgan fingerprint density at radius 3 is 1.48 bits per heavy atom. The molecule has 0 aliphatic carbocycles. The zero-order valence-electron chi connectivity index (χ0n) is 40.7. The molecule has 5 amide bonds. The quantitative estimate of drug-likeness (QED) is 0.130. The Balaban J connectivity index is 0.00000176. The van der Waals surface area contributed by atoms with Crippen LogP contribution in [0.3, 0.4) is 0 Å². The van der Waals surface area contributed by atoms with Gasteiger partial charge >= 0.3 is 48.6 Å². The van der Waals surface area contributed by atoms with E-state index in [-0.39, 0.29) is 63.4 Å². The summed E-state index contributed by atoms with van der Waals surface area (Å²) in [6.45, 7) is 1.20. The summed E-state index contributed by atoms with van der Waals surface area (Å²) in [6, 6.07) is 4.37. The van der Waals surface area contributed by atoms with Gasteiger partial charge in [-0.3, -0.25) is 24.0 Å². The molecule has 446 valence electrons. The predicted octanol–water partition coefficient (Wildman–Crippen LogP) is 0.722. The van der Waals surface area contributed by atoms with Gasteiger partial charge in [-0.25, -0.2) is 19.2 Å². The smallest absolute Gasteiger partial charge is 0.490 e. The van der Waals surface area contributed by atoms with Gasteiger partial charge in [0.25, 0.3) is 0 Å². The van der Waals surface area contributed by atoms with E-state index in [1.165, 1.54) is 17.0 Å². The van der Waals surface area contributed by atoms with E-state index in [9.17, 15) is 86.9 Å². The van der Waals surface area contributed by atoms with Gasteiger partial charge in [-0.05, 0) is 98.1 Å². The number of likely N-dealkylation sites (tertiary alicyclic amines) is 1. The number of carbonyl (C=O) groups excluding carboxylic acids is 5. The summed E-state index contributed by atoms with van der Waals surface area (Å²) in [5, 5.41) is 60.9. The first-order valence-corrected chi connectivity index (χ1v) is 22.4. The Morgan fingerprint density at radius 1 is 0.646 bits per heavy atom. The van der Waals surface area contributed by atoms with Gasteiger partial charge in [-0.1, -0.05) is 12.1 Å². The number of alkyl halides is 12. The van der Waals surface area contributed by atoms with E-state index >= 15 is 0 Å². The molecule has 0 radical (unpaired) electrons. The molecular formula is C43H55F12N9O15. The first-order chi connectivity index (χ1) is 36.2. The molecule has 79 heavy (non-hydrogen) atoms. The van der Waals surface area contributed by atoms with Crippen LogP contribution in [0.1, 0.15) is 49.7 Å². The topological polar surface area (TPSA) is 430 Å². The van der Waals surface area contributed by atoms with E-state index < -0.39 is 108 Å². The fourth-order valence-electron chi connectivity index (χ4n) is 6.43. The lowest BCUT2D eigenvalue weighted by Crippen LogP contribution is -2.59. The Morgan fingerprint density at radius 2 is 1.08 bits per heavy atom. The normalized spacial score (nSPS) is 17.8. The summed E-state index contributed by atoms with van der Waals surface area (Å²) in [5.74, 6) is -14.0. The molecule has 2 aliphatic rings. The third-order valence-corrected chi connectivity index (χ3v) is 10.2. The van der Waals surface area contributed by atoms with Crippen molar-refractivity contribution in [3.05, 3.63) is 47.5 Å². The lowest BCUT2D eigenvalue weighted by atomic mass is 9.95. The molecule has 2 aromatic carbocycles. The summed E-state index contributed by atoms with van der Waals surface area (Å²) < 4.78 is 127. The zero-order valence-corrected chi connectivity index (χ0v) is 40.7. The molecule has 0 spiro atoms. The van der Waals surface area contributed by atoms with Crippen molar-refractivity contribution in [2.45, 2.75) is 106 Å². The van der Waals surface area contributed by atoms with E-state index in [0.717, 1.165) is 0 Å². The lowest BCUT2D eigenvalue weighted by molar-refractivity contribution is -0.193. The van der Waals surface area contributed by atoms with Crippen LogP contribution in [0.4, 0.5) is 52.7 Å². The van der Waals surface area contributed by atoms with Gasteiger partial charge in [0, 0.05) is 32.5 Å². The monoisotopic (exact) mass is 1170 g/mol. The maximum atomic E-state index is 14.4. The van der Waals surface area contributed by atoms with Crippen LogP contribution in [-0.4, -0.2) is 177 Å². The number of amides is 5. The van der Waals surface area contributed by atoms with Crippen LogP contribution in [0.15, 0.2) is 36.4 Å². The molecule has 5 atom stereocenters. The third kappa shape index (κ3) is 26.0. The highest BCUT2D eigenvalue weighted by atomic mass is 19.4. The van der Waals surface area contributed by atoms with E-state index in [1.54, 1.807) is 24.3 Å². The summed E-state index contributed by atoms with van der Waals surface area (Å²) in [7, 11) is 0. The number of rotatable bonds is 12. The van der Waals surface area contributed by atoms with Gasteiger partial charge in [-0.2, -0.15) is 52.7 Å². The number of benzene rings is 2. The van der Waals surface area contributed by atoms with Gasteiger partial charge in [-0.15, -0.1) is 0 Å². The number of aliphatic carboxylic acids is 4. The van der Waals surface area contributed by atoms with Crippen LogP contribution < -0.4 is 44.2 Å². The SMILES string of the molecule is NCCC[C@H](NC(=O)[C@@H]1CCCN1C(=O)[C@H]1Cc2cc(ccc2O)-c2ccc(O)c(c2)C[C@H](N)C(=O)N[C@H](CCCN)C(=O)N1)C(=O)NCCN.O=C(O)C(F)(F)F.O=C(O)C(F)(F)F.O=C(O)C(F)(F)F.O=C(O)C(F)(F)F. The van der Waals surface area contributed by atoms with Crippen LogP contribution in [0.2, 0.25) is 0 Å². The molecule has 1 fully saturated rings. The molecule has 0 saturated carbocycles. The molecule has 4 rings (SSSR count). The molecule has 36 heteroatoms. The Bertz CT molecular complexity index is 2320. The van der Waals surface area contributed by atoms with Crippen LogP contribution >= 0.6 is 0 Å². The van der Waals surface area contributed by atoms with Crippen LogP contribution in [0.25, 0.3) is 11.1 Å². The summed E-state index contributed by atoms with van der Waals surface area (Å²) in [4.78, 5) is 105. The van der Waals surface area contributed by atoms with Crippen molar-refractivity contribution < 1.29 is 126 Å². The summed E-state index contributed by atoms with van der Waals surface area (Å²) >= 11 is 0. The summed E-state index contributed by atoms with van der Waals surface area (Å²) in [5.41, 5.74) is 25.2. The number of fused-ring (bicyclic) bond motifs is 5. The molecule has 1 saturated heterocycles. The number of phenols is 2. The first kappa shape index (κ1) is 71.3. The number of phenolic OH excluding ortho intramolecular Hbond substituents is 2. The Labute approximate surface area is 437 Å². The van der Waals surface area contributed by atoms with Crippen molar-refractivity contribution in [1.82, 2.24) is 26.2 Å². The zero-order chi connectivity index (χ0) is 61.4. The number of carbonyl (C=O) groups is 9. The highest BCUT2D eigenvalue weighted by molar-refractivity contribution is 5.96. The van der Waals surface area contributed by atoms with Crippen LogP contribution in [0, 0.1) is 0 Å². The van der Waals surface area contributed by atoms with Crippen molar-refractivity contribution in [2.75, 3.05) is 32.7 Å². The van der Waals surface area contributed by atoms with Crippen molar-refractivity contribution in [3.8, 4) is 22.6 Å². The van der Waals surface area contributed by atoms with Gasteiger partial charge in [0.15, 0.2) is 0 Å². The van der Waals surface area contributed by atoms with E-state index in [2.05, 4.69) is 21.3 Å². The van der Waals surface area contributed by atoms with Crippen LogP contribution in [-0.2, 0) is 56.0 Å². The Kier molecular flexibility index (Phi) is 29.1. The molecule has 2 aliphatic heterocycles. The standard InChI is InChI=1S/C35H51N9O7.4C2HF3O2/c36-11-1-4-25(32(48)40-14-13-38)42-34(50)28-6-3-15-44(28)35(51)27-19-23-17-21(8-10-30(23)46)20-7-9-29(45)22(16-20)18-24(39)31(47)41-26(5-2-12-37)33(49)43-27;4*3-2(4,5)1(6)7/h7-10,16-17,24-28,45-46H,1-6,11-15,18-19,36-39H2,(H,40,48)(H,41,47)(H,42,50)(H,43,49);4*(H,6,7)/t24-,25-,26+,27+,28-;;;;/m0..../s1. The second kappa shape index (κ2) is 32.2. The molecule has 24 nitrogen and oxygen atoms in total. The highest BCUT2D eigenvalue weighted by Crippen LogP contribution is 2.32. The minimum atomic E-state index is -5.08. The first-order valence-electron chi connectivity index (χ1n) is 22.4. The van der Waals surface area contributed by atoms with Gasteiger partial charge in [0.1, 0.15) is 35.7 Å². The number of nitrogens with two attached hydrogens (primary N) is 4. The second-order valence-corrected chi connectivity index (χ2v) is 16.2. The molecule has 4 bridgehead atoms. The fourth-order valence-corrected chi connectivity index (χ4v) is 6.43. The van der Waals surface area contributed by atoms with Crippen molar-refractivity contribution >= 4 is 53.4 Å². The number of carboxylic acids is 4. The van der Waals surface area contributed by atoms with Crippen molar-refractivity contribution in [3.63, 3.8) is 0 Å². The largest absolute Gasteiger partial charge is 0.508 e. The summed E-state index contributed by atoms with van der Waals surface area (Å²) in [6.07, 6.45) is -18.4. The molecule has 2 aromatic rings. The maximum absolute atomic E-state index is 14.4. The van der Waals surface area contributed by atoms with Gasteiger partial charge < -0.3 is 79.7 Å². The number of carboxylic acid groups (broad SMARTS) is 4. The molecule has 0 unspecified atom stereocenters. The minimum Gasteiger partial charge on any atom is -0.508 e. The lowest BCUT2D eigenvalue weighted by Gasteiger charge is -2.31. The average molecular weight is 1170 g/mol. The van der Waals surface area contributed by atoms with Crippen molar-refractivity contribution in [2.24, 2.45) is 22.9 Å². The van der Waals surface area contributed by atoms with Crippen molar-refractivity contribution in [1.29, 1.82) is 0 Å². The highest BCUT2D eigenvalue weighted by Gasteiger charge is 2.42. The number of hydrogen-bond acceptors (Lipinski definition) is 15. The molecule has 0 aromatic heterocycles. The molecule has 2 heterocycles. The predicted molar refractivity (Wildman–Crippen MR) is 245 cm³/mol. The van der Waals surface area contributed by atoms with Gasteiger partial charge in [0.2, 0.25) is 29.5 Å². The number of nitrogens with one attached hydrogen (secondary N) is 4. The number of halogens is 12. The van der Waals surface area contributed by atoms with Gasteiger partial charge in [0.05, 0.1) is 6.04 Å². The van der Waals surface area contributed by atoms with E-state index in [4.69, 9.17) is 62.5 Å². The number of hydrogen-bond donors (Lipinski definition) is 14. The van der Waals surface area contributed by atoms with E-state index in [1.807, 2.05) is 0 Å². The fraction of sp³-hybridized carbons (Fsp3) is 0.512. The minimum absolute atomic E-state index is 0.0248. The third-order valence-electron chi connectivity index (χ3n) is 10.2. The van der Waals surface area contributed by atoms with E-state index in [0.29, 0.717) is 54.5 Å². The number of nitrogens with zero attached hydrogens (tertiary/aromatic N) is 1. The average Bonchev–Trinajstić information content (AvgIpc) is 3.84. The number of aromatic hydroxyl groups is 2. The molecule has 18 N–H and O–H groups in total. The Hall–Kier alpha value is -7.73.